The van der Waals surface area contributed by atoms with Crippen molar-refractivity contribution in [2.75, 3.05) is 13.7 Å². The normalized spacial score (nSPS) is 11.1. The number of H-pyrrole nitrogens is 1. The van der Waals surface area contributed by atoms with Crippen LogP contribution in [-0.4, -0.2) is 40.0 Å². The minimum Gasteiger partial charge on any atom is -0.495 e. The van der Waals surface area contributed by atoms with Crippen molar-refractivity contribution in [3.63, 3.8) is 0 Å². The number of ketones is 1. The summed E-state index contributed by atoms with van der Waals surface area (Å²) in [6, 6.07) is 8.80. The van der Waals surface area contributed by atoms with Gasteiger partial charge in [0.15, 0.2) is 5.78 Å². The van der Waals surface area contributed by atoms with Gasteiger partial charge in [-0.3, -0.25) is 9.36 Å². The number of unbranched alkanes of at least 4 members (excludes halogenated alkanes) is 1. The van der Waals surface area contributed by atoms with Gasteiger partial charge in [-0.25, -0.2) is 9.78 Å². The maximum absolute atomic E-state index is 13.3. The predicted octanol–water partition coefficient (Wildman–Crippen LogP) is 4.12. The summed E-state index contributed by atoms with van der Waals surface area (Å²) >= 11 is 0. The van der Waals surface area contributed by atoms with Crippen molar-refractivity contribution in [3.05, 3.63) is 60.0 Å². The Labute approximate surface area is 167 Å². The number of fused-ring (bicyclic) bond motifs is 2. The molecule has 4 aromatic rings. The zero-order valence-corrected chi connectivity index (χ0v) is 16.4. The Bertz CT molecular complexity index is 1210. The number of rotatable bonds is 6. The van der Waals surface area contributed by atoms with Crippen LogP contribution < -0.4 is 10.1 Å². The number of nitrogens with zero attached hydrogens (tertiary/aromatic N) is 2. The molecule has 1 aromatic carbocycles. The molecule has 4 rings (SSSR count). The lowest BCUT2D eigenvalue weighted by Crippen LogP contribution is -2.28. The molecule has 3 aromatic heterocycles. The standard InChI is InChI=1S/C22H22N4O3/c1-3-4-9-23-22(28)26-10-8-15-16(6-5-7-19(15)26)20(27)18-13-25-21-17(18)11-14(29-2)12-24-21/h5-8,10-13H,3-4,9H2,1-2H3,(H,23,28)(H,24,25). The molecule has 7 nitrogen and oxygen atoms in total. The maximum Gasteiger partial charge on any atom is 0.326 e. The van der Waals surface area contributed by atoms with Crippen molar-refractivity contribution in [1.82, 2.24) is 19.9 Å². The number of aromatic nitrogens is 3. The molecule has 0 spiro atoms. The van der Waals surface area contributed by atoms with Gasteiger partial charge in [-0.2, -0.15) is 0 Å². The molecule has 29 heavy (non-hydrogen) atoms. The number of amides is 1. The molecule has 0 unspecified atom stereocenters. The summed E-state index contributed by atoms with van der Waals surface area (Å²) in [5.41, 5.74) is 2.36. The molecule has 0 saturated heterocycles. The number of benzene rings is 1. The minimum atomic E-state index is -0.195. The third kappa shape index (κ3) is 3.35. The molecule has 2 N–H and O–H groups in total. The van der Waals surface area contributed by atoms with Crippen LogP contribution in [0, 0.1) is 0 Å². The fourth-order valence-corrected chi connectivity index (χ4v) is 3.43. The highest BCUT2D eigenvalue weighted by molar-refractivity contribution is 6.21. The van der Waals surface area contributed by atoms with E-state index in [0.29, 0.717) is 40.0 Å². The molecule has 0 bridgehead atoms. The Morgan fingerprint density at radius 2 is 2.07 bits per heavy atom. The van der Waals surface area contributed by atoms with Gasteiger partial charge in [-0.1, -0.05) is 25.5 Å². The van der Waals surface area contributed by atoms with Crippen LogP contribution in [0.1, 0.15) is 35.7 Å². The number of hydrogen-bond acceptors (Lipinski definition) is 4. The highest BCUT2D eigenvalue weighted by Gasteiger charge is 2.19. The van der Waals surface area contributed by atoms with Crippen molar-refractivity contribution < 1.29 is 14.3 Å². The smallest absolute Gasteiger partial charge is 0.326 e. The van der Waals surface area contributed by atoms with Crippen LogP contribution >= 0.6 is 0 Å². The van der Waals surface area contributed by atoms with Crippen molar-refractivity contribution >= 4 is 33.8 Å². The number of carbonyl (C=O) groups excluding carboxylic acids is 2. The van der Waals surface area contributed by atoms with E-state index in [2.05, 4.69) is 22.2 Å². The highest BCUT2D eigenvalue weighted by Crippen LogP contribution is 2.27. The van der Waals surface area contributed by atoms with E-state index in [1.165, 1.54) is 0 Å². The highest BCUT2D eigenvalue weighted by atomic mass is 16.5. The van der Waals surface area contributed by atoms with Gasteiger partial charge < -0.3 is 15.0 Å². The van der Waals surface area contributed by atoms with Gasteiger partial charge in [0.2, 0.25) is 0 Å². The number of hydrogen-bond donors (Lipinski definition) is 2. The molecule has 1 amide bonds. The number of methoxy groups -OCH3 is 1. The van der Waals surface area contributed by atoms with E-state index >= 15 is 0 Å². The Morgan fingerprint density at radius 1 is 1.21 bits per heavy atom. The fraction of sp³-hybridized carbons (Fsp3) is 0.227. The average molecular weight is 390 g/mol. The van der Waals surface area contributed by atoms with E-state index in [0.717, 1.165) is 18.2 Å². The van der Waals surface area contributed by atoms with E-state index in [9.17, 15) is 9.59 Å². The molecular formula is C22H22N4O3. The lowest BCUT2D eigenvalue weighted by atomic mass is 10.00. The summed E-state index contributed by atoms with van der Waals surface area (Å²) < 4.78 is 6.78. The molecule has 148 valence electrons. The number of pyridine rings is 1. The van der Waals surface area contributed by atoms with E-state index in [1.54, 1.807) is 54.5 Å². The van der Waals surface area contributed by atoms with Crippen molar-refractivity contribution in [2.45, 2.75) is 19.8 Å². The predicted molar refractivity (Wildman–Crippen MR) is 112 cm³/mol. The lowest BCUT2D eigenvalue weighted by Gasteiger charge is -2.07. The first-order valence-corrected chi connectivity index (χ1v) is 9.58. The zero-order valence-electron chi connectivity index (χ0n) is 16.4. The first-order chi connectivity index (χ1) is 14.1. The number of carbonyl (C=O) groups is 2. The number of ether oxygens (including phenoxy) is 1. The molecule has 0 radical (unpaired) electrons. The first kappa shape index (κ1) is 18.7. The Kier molecular flexibility index (Phi) is 5.03. The quantitative estimate of drug-likeness (QED) is 0.383. The number of nitrogens with one attached hydrogen (secondary N) is 2. The van der Waals surface area contributed by atoms with E-state index in [1.807, 2.05) is 6.07 Å². The van der Waals surface area contributed by atoms with Crippen LogP contribution in [0.25, 0.3) is 21.9 Å². The fourth-order valence-electron chi connectivity index (χ4n) is 3.43. The van der Waals surface area contributed by atoms with E-state index < -0.39 is 0 Å². The van der Waals surface area contributed by atoms with Gasteiger partial charge in [-0.05, 0) is 24.6 Å². The Balaban J connectivity index is 1.73. The minimum absolute atomic E-state index is 0.138. The van der Waals surface area contributed by atoms with Crippen LogP contribution in [0.5, 0.6) is 5.75 Å². The summed E-state index contributed by atoms with van der Waals surface area (Å²) in [6.07, 6.45) is 6.89. The second kappa shape index (κ2) is 7.79. The second-order valence-electron chi connectivity index (χ2n) is 6.81. The maximum atomic E-state index is 13.3. The summed E-state index contributed by atoms with van der Waals surface area (Å²) in [7, 11) is 1.56. The van der Waals surface area contributed by atoms with Crippen LogP contribution in [0.2, 0.25) is 0 Å². The van der Waals surface area contributed by atoms with Gasteiger partial charge in [0.05, 0.1) is 18.8 Å². The van der Waals surface area contributed by atoms with Gasteiger partial charge in [0.25, 0.3) is 0 Å². The molecular weight excluding hydrogens is 368 g/mol. The van der Waals surface area contributed by atoms with Gasteiger partial charge in [0, 0.05) is 40.8 Å². The van der Waals surface area contributed by atoms with Gasteiger partial charge in [-0.15, -0.1) is 0 Å². The lowest BCUT2D eigenvalue weighted by molar-refractivity contribution is 0.104. The summed E-state index contributed by atoms with van der Waals surface area (Å²) in [5, 5.41) is 4.33. The van der Waals surface area contributed by atoms with E-state index in [4.69, 9.17) is 4.74 Å². The Hall–Kier alpha value is -3.61. The topological polar surface area (TPSA) is 89.0 Å². The molecule has 7 heteroatoms. The molecule has 0 atom stereocenters. The van der Waals surface area contributed by atoms with Gasteiger partial charge >= 0.3 is 6.03 Å². The monoisotopic (exact) mass is 390 g/mol. The largest absolute Gasteiger partial charge is 0.495 e. The van der Waals surface area contributed by atoms with Crippen molar-refractivity contribution in [3.8, 4) is 5.75 Å². The van der Waals surface area contributed by atoms with Crippen LogP contribution in [-0.2, 0) is 0 Å². The molecule has 3 heterocycles. The molecule has 0 aliphatic heterocycles. The summed E-state index contributed by atoms with van der Waals surface area (Å²) in [4.78, 5) is 33.1. The van der Waals surface area contributed by atoms with Crippen LogP contribution in [0.3, 0.4) is 0 Å². The molecule has 0 fully saturated rings. The van der Waals surface area contributed by atoms with Gasteiger partial charge in [0.1, 0.15) is 11.4 Å². The van der Waals surface area contributed by atoms with Crippen LogP contribution in [0.4, 0.5) is 4.79 Å². The average Bonchev–Trinajstić information content (AvgIpc) is 3.37. The SMILES string of the molecule is CCCCNC(=O)n1ccc2c(C(=O)c3c[nH]c4ncc(OC)cc34)cccc21. The zero-order chi connectivity index (χ0) is 20.4. The molecule has 0 aliphatic carbocycles. The second-order valence-corrected chi connectivity index (χ2v) is 6.81. The summed E-state index contributed by atoms with van der Waals surface area (Å²) in [5.74, 6) is 0.445. The molecule has 0 saturated carbocycles. The summed E-state index contributed by atoms with van der Waals surface area (Å²) in [6.45, 7) is 2.70. The third-order valence-corrected chi connectivity index (χ3v) is 4.99. The number of aromatic amines is 1. The van der Waals surface area contributed by atoms with Crippen molar-refractivity contribution in [2.24, 2.45) is 0 Å². The van der Waals surface area contributed by atoms with Crippen LogP contribution in [0.15, 0.2) is 48.9 Å². The Morgan fingerprint density at radius 3 is 2.86 bits per heavy atom. The van der Waals surface area contributed by atoms with Crippen molar-refractivity contribution in [1.29, 1.82) is 0 Å². The van der Waals surface area contributed by atoms with E-state index in [-0.39, 0.29) is 11.8 Å². The first-order valence-electron chi connectivity index (χ1n) is 9.58. The third-order valence-electron chi connectivity index (χ3n) is 4.99. The molecule has 0 aliphatic rings.